The van der Waals surface area contributed by atoms with E-state index in [9.17, 15) is 13.6 Å². The molecule has 0 radical (unpaired) electrons. The summed E-state index contributed by atoms with van der Waals surface area (Å²) in [4.78, 5) is 13.9. The highest BCUT2D eigenvalue weighted by Gasteiger charge is 2.26. The molecule has 1 amide bonds. The summed E-state index contributed by atoms with van der Waals surface area (Å²) in [7, 11) is 0. The van der Waals surface area contributed by atoms with Gasteiger partial charge in [0.15, 0.2) is 11.6 Å². The van der Waals surface area contributed by atoms with Gasteiger partial charge in [0.2, 0.25) is 5.91 Å². The zero-order chi connectivity index (χ0) is 13.8. The molecule has 0 bridgehead atoms. The minimum Gasteiger partial charge on any atom is -0.377 e. The zero-order valence-corrected chi connectivity index (χ0v) is 11.8. The van der Waals surface area contributed by atoms with Crippen molar-refractivity contribution >= 4 is 21.8 Å². The number of amides is 1. The highest BCUT2D eigenvalue weighted by atomic mass is 79.9. The summed E-state index contributed by atoms with van der Waals surface area (Å²) >= 11 is 3.34. The lowest BCUT2D eigenvalue weighted by molar-refractivity contribution is -0.138. The van der Waals surface area contributed by atoms with Crippen molar-refractivity contribution in [1.29, 1.82) is 0 Å². The molecule has 1 saturated heterocycles. The van der Waals surface area contributed by atoms with E-state index < -0.39 is 11.6 Å². The Balaban J connectivity index is 2.05. The minimum absolute atomic E-state index is 0.00783. The molecule has 19 heavy (non-hydrogen) atoms. The highest BCUT2D eigenvalue weighted by Crippen LogP contribution is 2.14. The first kappa shape index (κ1) is 14.4. The Kier molecular flexibility index (Phi) is 4.87. The molecule has 0 N–H and O–H groups in total. The fourth-order valence-corrected chi connectivity index (χ4v) is 2.57. The van der Waals surface area contributed by atoms with E-state index >= 15 is 0 Å². The number of carbonyl (C=O) groups excluding carboxylic acids is 1. The van der Waals surface area contributed by atoms with Crippen molar-refractivity contribution in [2.45, 2.75) is 12.5 Å². The molecule has 1 unspecified atom stereocenters. The van der Waals surface area contributed by atoms with Crippen LogP contribution in [0.3, 0.4) is 0 Å². The molecule has 0 spiro atoms. The average Bonchev–Trinajstić information content (AvgIpc) is 2.43. The van der Waals surface area contributed by atoms with E-state index in [1.54, 1.807) is 4.90 Å². The number of hydrogen-bond acceptors (Lipinski definition) is 2. The molecular formula is C13H14BrF2NO2. The SMILES string of the molecule is O=C(Cc1ccc(F)c(F)c1)N1CCOCC1CBr. The van der Waals surface area contributed by atoms with Crippen molar-refractivity contribution in [1.82, 2.24) is 4.90 Å². The highest BCUT2D eigenvalue weighted by molar-refractivity contribution is 9.09. The Labute approximate surface area is 118 Å². The Morgan fingerprint density at radius 1 is 1.42 bits per heavy atom. The van der Waals surface area contributed by atoms with E-state index in [0.29, 0.717) is 30.7 Å². The number of nitrogens with zero attached hydrogens (tertiary/aromatic N) is 1. The van der Waals surface area contributed by atoms with Crippen LogP contribution in [0.2, 0.25) is 0 Å². The summed E-state index contributed by atoms with van der Waals surface area (Å²) in [5.74, 6) is -1.93. The molecule has 1 aliphatic heterocycles. The zero-order valence-electron chi connectivity index (χ0n) is 10.2. The lowest BCUT2D eigenvalue weighted by atomic mass is 10.1. The second kappa shape index (κ2) is 6.43. The molecule has 0 saturated carbocycles. The molecular weight excluding hydrogens is 320 g/mol. The number of benzene rings is 1. The van der Waals surface area contributed by atoms with E-state index in [2.05, 4.69) is 15.9 Å². The van der Waals surface area contributed by atoms with Crippen LogP contribution in [-0.4, -0.2) is 41.9 Å². The van der Waals surface area contributed by atoms with Gasteiger partial charge in [-0.2, -0.15) is 0 Å². The van der Waals surface area contributed by atoms with E-state index in [-0.39, 0.29) is 18.4 Å². The van der Waals surface area contributed by atoms with Gasteiger partial charge < -0.3 is 9.64 Å². The molecule has 1 heterocycles. The molecule has 1 aromatic rings. The quantitative estimate of drug-likeness (QED) is 0.793. The smallest absolute Gasteiger partial charge is 0.227 e. The topological polar surface area (TPSA) is 29.5 Å². The monoisotopic (exact) mass is 333 g/mol. The third-order valence-electron chi connectivity index (χ3n) is 3.07. The summed E-state index contributed by atoms with van der Waals surface area (Å²) in [6.45, 7) is 1.53. The molecule has 1 aromatic carbocycles. The Morgan fingerprint density at radius 3 is 2.89 bits per heavy atom. The molecule has 3 nitrogen and oxygen atoms in total. The van der Waals surface area contributed by atoms with Crippen molar-refractivity contribution in [2.75, 3.05) is 25.1 Å². The van der Waals surface area contributed by atoms with Gasteiger partial charge >= 0.3 is 0 Å². The number of alkyl halides is 1. The van der Waals surface area contributed by atoms with Gasteiger partial charge in [0.1, 0.15) is 0 Å². The van der Waals surface area contributed by atoms with Gasteiger partial charge in [-0.25, -0.2) is 8.78 Å². The Hall–Kier alpha value is -1.01. The number of ether oxygens (including phenoxy) is 1. The fraction of sp³-hybridized carbons (Fsp3) is 0.462. The third-order valence-corrected chi connectivity index (χ3v) is 3.81. The van der Waals surface area contributed by atoms with Crippen molar-refractivity contribution in [2.24, 2.45) is 0 Å². The Morgan fingerprint density at radius 2 is 2.21 bits per heavy atom. The predicted molar refractivity (Wildman–Crippen MR) is 70.2 cm³/mol. The fourth-order valence-electron chi connectivity index (χ4n) is 2.04. The van der Waals surface area contributed by atoms with Crippen LogP contribution in [0.1, 0.15) is 5.56 Å². The van der Waals surface area contributed by atoms with Crippen molar-refractivity contribution in [3.8, 4) is 0 Å². The van der Waals surface area contributed by atoms with Crippen molar-refractivity contribution < 1.29 is 18.3 Å². The van der Waals surface area contributed by atoms with Crippen LogP contribution in [0, 0.1) is 11.6 Å². The van der Waals surface area contributed by atoms with E-state index in [1.807, 2.05) is 0 Å². The number of carbonyl (C=O) groups is 1. The lowest BCUT2D eigenvalue weighted by Gasteiger charge is -2.34. The molecule has 0 aromatic heterocycles. The number of hydrogen-bond donors (Lipinski definition) is 0. The first-order valence-electron chi connectivity index (χ1n) is 5.99. The third kappa shape index (κ3) is 3.51. The van der Waals surface area contributed by atoms with E-state index in [1.165, 1.54) is 6.07 Å². The lowest BCUT2D eigenvalue weighted by Crippen LogP contribution is -2.50. The van der Waals surface area contributed by atoms with Gasteiger partial charge in [0, 0.05) is 11.9 Å². The van der Waals surface area contributed by atoms with Crippen LogP contribution in [-0.2, 0) is 16.0 Å². The minimum atomic E-state index is -0.927. The molecule has 104 valence electrons. The first-order valence-corrected chi connectivity index (χ1v) is 7.11. The molecule has 0 aliphatic carbocycles. The predicted octanol–water partition coefficient (Wildman–Crippen LogP) is 2.13. The average molecular weight is 334 g/mol. The molecule has 1 atom stereocenters. The standard InChI is InChI=1S/C13H14BrF2NO2/c14-7-10-8-19-4-3-17(10)13(18)6-9-1-2-11(15)12(16)5-9/h1-2,5,10H,3-4,6-8H2. The van der Waals surface area contributed by atoms with Crippen LogP contribution in [0.4, 0.5) is 8.78 Å². The normalized spacial score (nSPS) is 19.5. The molecule has 2 rings (SSSR count). The summed E-state index contributed by atoms with van der Waals surface area (Å²) in [5, 5.41) is 0.635. The maximum absolute atomic E-state index is 13.1. The van der Waals surface area contributed by atoms with Crippen molar-refractivity contribution in [3.63, 3.8) is 0 Å². The van der Waals surface area contributed by atoms with Crippen LogP contribution in [0.5, 0.6) is 0 Å². The molecule has 6 heteroatoms. The second-order valence-electron chi connectivity index (χ2n) is 4.40. The van der Waals surface area contributed by atoms with Crippen LogP contribution in [0.15, 0.2) is 18.2 Å². The summed E-state index contributed by atoms with van der Waals surface area (Å²) in [6, 6.07) is 3.53. The maximum atomic E-state index is 13.1. The largest absolute Gasteiger partial charge is 0.377 e. The molecule has 1 aliphatic rings. The van der Waals surface area contributed by atoms with Crippen LogP contribution in [0.25, 0.3) is 0 Å². The maximum Gasteiger partial charge on any atom is 0.227 e. The summed E-state index contributed by atoms with van der Waals surface area (Å²) < 4.78 is 31.2. The van der Waals surface area contributed by atoms with Gasteiger partial charge in [0.05, 0.1) is 25.7 Å². The van der Waals surface area contributed by atoms with Crippen LogP contribution < -0.4 is 0 Å². The van der Waals surface area contributed by atoms with Crippen molar-refractivity contribution in [3.05, 3.63) is 35.4 Å². The number of morpholine rings is 1. The summed E-state index contributed by atoms with van der Waals surface area (Å²) in [5.41, 5.74) is 0.476. The van der Waals surface area contributed by atoms with Gasteiger partial charge in [-0.3, -0.25) is 4.79 Å². The first-order chi connectivity index (χ1) is 9.11. The summed E-state index contributed by atoms with van der Waals surface area (Å²) in [6.07, 6.45) is 0.0701. The Bertz CT molecular complexity index is 470. The number of halogens is 3. The second-order valence-corrected chi connectivity index (χ2v) is 5.04. The van der Waals surface area contributed by atoms with Gasteiger partial charge in [-0.05, 0) is 17.7 Å². The number of rotatable bonds is 3. The van der Waals surface area contributed by atoms with E-state index in [4.69, 9.17) is 4.74 Å². The van der Waals surface area contributed by atoms with Gasteiger partial charge in [0.25, 0.3) is 0 Å². The van der Waals surface area contributed by atoms with Gasteiger partial charge in [-0.15, -0.1) is 0 Å². The van der Waals surface area contributed by atoms with E-state index in [0.717, 1.165) is 12.1 Å². The van der Waals surface area contributed by atoms with Crippen LogP contribution >= 0.6 is 15.9 Å². The van der Waals surface area contributed by atoms with Gasteiger partial charge in [-0.1, -0.05) is 22.0 Å². The molecule has 1 fully saturated rings.